The number of sulfonamides is 1. The van der Waals surface area contributed by atoms with Gasteiger partial charge in [0.05, 0.1) is 6.26 Å². The lowest BCUT2D eigenvalue weighted by molar-refractivity contribution is -0.184. The topological polar surface area (TPSA) is 90.5 Å². The number of piperazine rings is 1. The Hall–Kier alpha value is -0.910. The molecule has 1 fully saturated rings. The first-order chi connectivity index (χ1) is 10.3. The van der Waals surface area contributed by atoms with Crippen LogP contribution in [0.5, 0.6) is 0 Å². The van der Waals surface area contributed by atoms with Gasteiger partial charge in [-0.2, -0.15) is 13.2 Å². The van der Waals surface area contributed by atoms with Gasteiger partial charge in [-0.3, -0.25) is 9.69 Å². The molecule has 1 aliphatic rings. The zero-order chi connectivity index (χ0) is 17.9. The van der Waals surface area contributed by atoms with Gasteiger partial charge in [0.15, 0.2) is 0 Å². The van der Waals surface area contributed by atoms with Crippen LogP contribution >= 0.6 is 0 Å². The summed E-state index contributed by atoms with van der Waals surface area (Å²) in [5, 5.41) is 5.16. The first kappa shape index (κ1) is 20.1. The minimum atomic E-state index is -4.49. The number of hydrogen-bond acceptors (Lipinski definition) is 5. The van der Waals surface area contributed by atoms with Gasteiger partial charge in [0.1, 0.15) is 11.6 Å². The van der Waals surface area contributed by atoms with E-state index in [4.69, 9.17) is 0 Å². The van der Waals surface area contributed by atoms with Crippen molar-refractivity contribution in [2.24, 2.45) is 0 Å². The first-order valence-electron chi connectivity index (χ1n) is 7.12. The van der Waals surface area contributed by atoms with Crippen LogP contribution in [0.2, 0.25) is 0 Å². The lowest BCUT2D eigenvalue weighted by Crippen LogP contribution is -2.60. The van der Waals surface area contributed by atoms with Gasteiger partial charge in [0.2, 0.25) is 15.9 Å². The molecule has 1 rings (SSSR count). The van der Waals surface area contributed by atoms with Crippen LogP contribution in [-0.2, 0) is 14.8 Å². The fourth-order valence-corrected chi connectivity index (χ4v) is 3.39. The second-order valence-corrected chi connectivity index (χ2v) is 7.80. The van der Waals surface area contributed by atoms with E-state index in [2.05, 4.69) is 15.4 Å². The second-order valence-electron chi connectivity index (χ2n) is 6.05. The second kappa shape index (κ2) is 7.32. The standard InChI is InChI=1S/C12H23F3N4O3S/c1-11(2,18-23(3,21)22)10(20)17-8-9(12(13,14)15)19-6-4-16-5-7-19/h9,16,18H,4-8H2,1-3H3,(H,17,20). The Morgan fingerprint density at radius 2 is 1.78 bits per heavy atom. The Morgan fingerprint density at radius 1 is 1.26 bits per heavy atom. The van der Waals surface area contributed by atoms with E-state index in [0.717, 1.165) is 6.26 Å². The summed E-state index contributed by atoms with van der Waals surface area (Å²) in [6, 6.07) is -1.80. The highest BCUT2D eigenvalue weighted by molar-refractivity contribution is 7.88. The molecular weight excluding hydrogens is 337 g/mol. The number of halogens is 3. The predicted octanol–water partition coefficient (Wildman–Crippen LogP) is -0.733. The maximum absolute atomic E-state index is 13.2. The molecule has 0 aromatic carbocycles. The molecule has 0 saturated carbocycles. The molecule has 1 amide bonds. The van der Waals surface area contributed by atoms with Crippen molar-refractivity contribution in [3.8, 4) is 0 Å². The third kappa shape index (κ3) is 6.61. The lowest BCUT2D eigenvalue weighted by Gasteiger charge is -2.36. The van der Waals surface area contributed by atoms with Gasteiger partial charge in [-0.05, 0) is 13.8 Å². The van der Waals surface area contributed by atoms with Gasteiger partial charge in [-0.25, -0.2) is 13.1 Å². The van der Waals surface area contributed by atoms with E-state index in [1.54, 1.807) is 0 Å². The number of carbonyl (C=O) groups is 1. The summed E-state index contributed by atoms with van der Waals surface area (Å²) >= 11 is 0. The third-order valence-electron chi connectivity index (χ3n) is 3.43. The quantitative estimate of drug-likeness (QED) is 0.581. The molecule has 1 saturated heterocycles. The number of alkyl halides is 3. The van der Waals surface area contributed by atoms with Crippen molar-refractivity contribution < 1.29 is 26.4 Å². The first-order valence-corrected chi connectivity index (χ1v) is 9.01. The van der Waals surface area contributed by atoms with E-state index in [-0.39, 0.29) is 13.1 Å². The molecule has 23 heavy (non-hydrogen) atoms. The van der Waals surface area contributed by atoms with Crippen molar-refractivity contribution in [3.05, 3.63) is 0 Å². The predicted molar refractivity (Wildman–Crippen MR) is 79.4 cm³/mol. The fourth-order valence-electron chi connectivity index (χ4n) is 2.37. The van der Waals surface area contributed by atoms with Crippen molar-refractivity contribution in [2.75, 3.05) is 39.0 Å². The molecule has 0 aromatic heterocycles. The number of rotatable bonds is 6. The van der Waals surface area contributed by atoms with Crippen molar-refractivity contribution in [1.82, 2.24) is 20.3 Å². The Bertz CT molecular complexity index is 516. The van der Waals surface area contributed by atoms with Crippen LogP contribution in [0.25, 0.3) is 0 Å². The molecular formula is C12H23F3N4O3S. The van der Waals surface area contributed by atoms with Gasteiger partial charge in [0.25, 0.3) is 0 Å². The smallest absolute Gasteiger partial charge is 0.353 e. The maximum atomic E-state index is 13.2. The highest BCUT2D eigenvalue weighted by Crippen LogP contribution is 2.25. The summed E-state index contributed by atoms with van der Waals surface area (Å²) in [6.45, 7) is 3.30. The zero-order valence-corrected chi connectivity index (χ0v) is 14.1. The van der Waals surface area contributed by atoms with Gasteiger partial charge < -0.3 is 10.6 Å². The van der Waals surface area contributed by atoms with Crippen LogP contribution < -0.4 is 15.4 Å². The van der Waals surface area contributed by atoms with Gasteiger partial charge in [-0.15, -0.1) is 0 Å². The molecule has 0 radical (unpaired) electrons. The Labute approximate surface area is 134 Å². The summed E-state index contributed by atoms with van der Waals surface area (Å²) in [6.07, 6.45) is -3.61. The molecule has 1 heterocycles. The van der Waals surface area contributed by atoms with Gasteiger partial charge >= 0.3 is 6.18 Å². The number of amides is 1. The van der Waals surface area contributed by atoms with E-state index >= 15 is 0 Å². The maximum Gasteiger partial charge on any atom is 0.405 e. The fraction of sp³-hybridized carbons (Fsp3) is 0.917. The highest BCUT2D eigenvalue weighted by atomic mass is 32.2. The van der Waals surface area contributed by atoms with Crippen LogP contribution in [0.1, 0.15) is 13.8 Å². The Balaban J connectivity index is 2.72. The molecule has 1 atom stereocenters. The van der Waals surface area contributed by atoms with E-state index < -0.39 is 40.2 Å². The van der Waals surface area contributed by atoms with Crippen LogP contribution in [0.15, 0.2) is 0 Å². The molecule has 0 aliphatic carbocycles. The summed E-state index contributed by atoms with van der Waals surface area (Å²) in [5.74, 6) is -0.813. The number of carbonyl (C=O) groups excluding carboxylic acids is 1. The van der Waals surface area contributed by atoms with Gasteiger partial charge in [-0.1, -0.05) is 0 Å². The number of hydrogen-bond donors (Lipinski definition) is 3. The summed E-state index contributed by atoms with van der Waals surface area (Å²) in [7, 11) is -3.67. The number of nitrogens with zero attached hydrogens (tertiary/aromatic N) is 1. The van der Waals surface area contributed by atoms with Crippen molar-refractivity contribution >= 4 is 15.9 Å². The normalized spacial score (nSPS) is 19.4. The van der Waals surface area contributed by atoms with E-state index in [0.29, 0.717) is 13.1 Å². The summed E-state index contributed by atoms with van der Waals surface area (Å²) in [5.41, 5.74) is -1.53. The minimum Gasteiger partial charge on any atom is -0.353 e. The van der Waals surface area contributed by atoms with Crippen molar-refractivity contribution in [2.45, 2.75) is 31.6 Å². The average molecular weight is 360 g/mol. The molecule has 11 heteroatoms. The van der Waals surface area contributed by atoms with Crippen LogP contribution in [0.4, 0.5) is 13.2 Å². The highest BCUT2D eigenvalue weighted by Gasteiger charge is 2.44. The van der Waals surface area contributed by atoms with Crippen LogP contribution in [-0.4, -0.2) is 76.0 Å². The average Bonchev–Trinajstić information content (AvgIpc) is 2.35. The van der Waals surface area contributed by atoms with Gasteiger partial charge in [0, 0.05) is 32.7 Å². The molecule has 1 aliphatic heterocycles. The lowest BCUT2D eigenvalue weighted by atomic mass is 10.1. The number of nitrogens with one attached hydrogen (secondary N) is 3. The van der Waals surface area contributed by atoms with E-state index in [1.807, 2.05) is 0 Å². The van der Waals surface area contributed by atoms with Crippen LogP contribution in [0.3, 0.4) is 0 Å². The largest absolute Gasteiger partial charge is 0.405 e. The molecule has 0 aromatic rings. The minimum absolute atomic E-state index is 0.227. The SMILES string of the molecule is CC(C)(NS(C)(=O)=O)C(=O)NCC(N1CCNCC1)C(F)(F)F. The monoisotopic (exact) mass is 360 g/mol. The van der Waals surface area contributed by atoms with Crippen molar-refractivity contribution in [1.29, 1.82) is 0 Å². The third-order valence-corrected chi connectivity index (χ3v) is 4.32. The molecule has 0 bridgehead atoms. The van der Waals surface area contributed by atoms with E-state index in [1.165, 1.54) is 18.7 Å². The zero-order valence-electron chi connectivity index (χ0n) is 13.3. The molecule has 0 spiro atoms. The van der Waals surface area contributed by atoms with Crippen molar-refractivity contribution in [3.63, 3.8) is 0 Å². The molecule has 7 nitrogen and oxygen atoms in total. The summed E-state index contributed by atoms with van der Waals surface area (Å²) < 4.78 is 64.1. The Morgan fingerprint density at radius 3 is 2.22 bits per heavy atom. The molecule has 3 N–H and O–H groups in total. The molecule has 136 valence electrons. The van der Waals surface area contributed by atoms with Crippen LogP contribution in [0, 0.1) is 0 Å². The Kier molecular flexibility index (Phi) is 6.41. The molecule has 1 unspecified atom stereocenters. The van der Waals surface area contributed by atoms with E-state index in [9.17, 15) is 26.4 Å². The summed E-state index contributed by atoms with van der Waals surface area (Å²) in [4.78, 5) is 13.3.